The van der Waals surface area contributed by atoms with E-state index in [1.165, 1.54) is 6.07 Å². The van der Waals surface area contributed by atoms with Crippen LogP contribution >= 0.6 is 0 Å². The van der Waals surface area contributed by atoms with Crippen molar-refractivity contribution in [2.75, 3.05) is 11.9 Å². The normalized spacial score (nSPS) is 18.5. The molecule has 150 valence electrons. The zero-order valence-electron chi connectivity index (χ0n) is 17.7. The van der Waals surface area contributed by atoms with Crippen molar-refractivity contribution in [1.29, 1.82) is 0 Å². The minimum absolute atomic E-state index is 0.110. The SMILES string of the molecule is Cc1cc(F)c(NC(=O)NCCC(C)(C)C)cc1B1OC(C)(C)C(C)(C)O1. The van der Waals surface area contributed by atoms with Crippen LogP contribution in [0, 0.1) is 18.2 Å². The quantitative estimate of drug-likeness (QED) is 0.779. The van der Waals surface area contributed by atoms with Crippen molar-refractivity contribution in [3.8, 4) is 0 Å². The van der Waals surface area contributed by atoms with Crippen LogP contribution in [0.15, 0.2) is 12.1 Å². The lowest BCUT2D eigenvalue weighted by molar-refractivity contribution is 0.00578. The Balaban J connectivity index is 2.13. The van der Waals surface area contributed by atoms with Gasteiger partial charge in [0, 0.05) is 6.54 Å². The molecule has 1 fully saturated rings. The van der Waals surface area contributed by atoms with Crippen LogP contribution in [-0.4, -0.2) is 30.9 Å². The lowest BCUT2D eigenvalue weighted by Gasteiger charge is -2.32. The van der Waals surface area contributed by atoms with Crippen molar-refractivity contribution in [2.45, 2.75) is 73.0 Å². The second kappa shape index (κ2) is 7.43. The second-order valence-corrected chi connectivity index (χ2v) is 9.47. The minimum Gasteiger partial charge on any atom is -0.399 e. The van der Waals surface area contributed by atoms with E-state index in [1.807, 2.05) is 27.7 Å². The van der Waals surface area contributed by atoms with Crippen molar-refractivity contribution >= 4 is 24.3 Å². The van der Waals surface area contributed by atoms with E-state index in [2.05, 4.69) is 31.4 Å². The van der Waals surface area contributed by atoms with E-state index in [-0.39, 0.29) is 11.1 Å². The van der Waals surface area contributed by atoms with Gasteiger partial charge in [0.05, 0.1) is 16.9 Å². The summed E-state index contributed by atoms with van der Waals surface area (Å²) in [7, 11) is -0.611. The van der Waals surface area contributed by atoms with E-state index in [0.29, 0.717) is 17.6 Å². The predicted molar refractivity (Wildman–Crippen MR) is 108 cm³/mol. The molecule has 0 atom stereocenters. The van der Waals surface area contributed by atoms with Gasteiger partial charge in [-0.05, 0) is 69.6 Å². The van der Waals surface area contributed by atoms with E-state index in [4.69, 9.17) is 9.31 Å². The Bertz CT molecular complexity index is 698. The first-order valence-electron chi connectivity index (χ1n) is 9.42. The molecule has 1 aliphatic rings. The van der Waals surface area contributed by atoms with Crippen molar-refractivity contribution in [2.24, 2.45) is 5.41 Å². The largest absolute Gasteiger partial charge is 0.495 e. The van der Waals surface area contributed by atoms with Gasteiger partial charge < -0.3 is 19.9 Å². The lowest BCUT2D eigenvalue weighted by Crippen LogP contribution is -2.41. The molecule has 0 spiro atoms. The van der Waals surface area contributed by atoms with Gasteiger partial charge in [-0.1, -0.05) is 20.8 Å². The van der Waals surface area contributed by atoms with Crippen LogP contribution in [-0.2, 0) is 9.31 Å². The predicted octanol–water partition coefficient (Wildman–Crippen LogP) is 3.99. The van der Waals surface area contributed by atoms with Crippen molar-refractivity contribution in [1.82, 2.24) is 5.32 Å². The van der Waals surface area contributed by atoms with Crippen molar-refractivity contribution in [3.63, 3.8) is 0 Å². The minimum atomic E-state index is -0.611. The third kappa shape index (κ3) is 5.23. The Kier molecular flexibility index (Phi) is 5.98. The molecule has 1 aromatic rings. The van der Waals surface area contributed by atoms with Gasteiger partial charge in [0.15, 0.2) is 0 Å². The number of amides is 2. The van der Waals surface area contributed by atoms with Crippen LogP contribution in [0.3, 0.4) is 0 Å². The molecule has 0 radical (unpaired) electrons. The van der Waals surface area contributed by atoms with Crippen LogP contribution in [0.2, 0.25) is 0 Å². The summed E-state index contributed by atoms with van der Waals surface area (Å²) < 4.78 is 26.5. The first kappa shape index (κ1) is 21.7. The standard InChI is InChI=1S/C20H32BFN2O3/c1-13-11-15(22)16(24-17(25)23-10-9-18(2,3)4)12-14(13)21-26-19(5,6)20(7,8)27-21/h11-12H,9-10H2,1-8H3,(H2,23,24,25). The van der Waals surface area contributed by atoms with E-state index < -0.39 is 30.2 Å². The van der Waals surface area contributed by atoms with E-state index in [9.17, 15) is 9.18 Å². The molecule has 0 aliphatic carbocycles. The number of halogens is 1. The summed E-state index contributed by atoms with van der Waals surface area (Å²) in [5, 5.41) is 5.36. The van der Waals surface area contributed by atoms with Crippen LogP contribution in [0.25, 0.3) is 0 Å². The number of hydrogen-bond acceptors (Lipinski definition) is 3. The molecule has 1 saturated heterocycles. The first-order chi connectivity index (χ1) is 12.2. The molecule has 0 unspecified atom stereocenters. The smallest absolute Gasteiger partial charge is 0.399 e. The molecule has 1 aromatic carbocycles. The average molecular weight is 378 g/mol. The second-order valence-electron chi connectivity index (χ2n) is 9.47. The lowest BCUT2D eigenvalue weighted by atomic mass is 9.76. The maximum atomic E-state index is 14.4. The van der Waals surface area contributed by atoms with Gasteiger partial charge in [0.1, 0.15) is 5.82 Å². The van der Waals surface area contributed by atoms with Crippen molar-refractivity contribution < 1.29 is 18.5 Å². The Morgan fingerprint density at radius 1 is 1.15 bits per heavy atom. The summed E-state index contributed by atoms with van der Waals surface area (Å²) in [6.45, 7) is 16.5. The maximum absolute atomic E-state index is 14.4. The number of carbonyl (C=O) groups excluding carboxylic acids is 1. The molecule has 2 rings (SSSR count). The number of rotatable bonds is 4. The molecule has 2 N–H and O–H groups in total. The zero-order chi connectivity index (χ0) is 20.6. The highest BCUT2D eigenvalue weighted by Crippen LogP contribution is 2.37. The van der Waals surface area contributed by atoms with E-state index in [1.54, 1.807) is 13.0 Å². The fourth-order valence-electron chi connectivity index (χ4n) is 2.73. The van der Waals surface area contributed by atoms with Crippen LogP contribution in [0.1, 0.15) is 60.5 Å². The highest BCUT2D eigenvalue weighted by molar-refractivity contribution is 6.62. The van der Waals surface area contributed by atoms with Gasteiger partial charge in [-0.2, -0.15) is 0 Å². The molecule has 5 nitrogen and oxygen atoms in total. The number of aryl methyl sites for hydroxylation is 1. The van der Waals surface area contributed by atoms with Gasteiger partial charge in [-0.25, -0.2) is 9.18 Å². The molecular weight excluding hydrogens is 346 g/mol. The molecular formula is C20H32BFN2O3. The highest BCUT2D eigenvalue weighted by Gasteiger charge is 2.52. The summed E-state index contributed by atoms with van der Waals surface area (Å²) >= 11 is 0. The number of anilines is 1. The summed E-state index contributed by atoms with van der Waals surface area (Å²) in [4.78, 5) is 12.1. The summed E-state index contributed by atoms with van der Waals surface area (Å²) in [5.74, 6) is -0.487. The summed E-state index contributed by atoms with van der Waals surface area (Å²) in [6, 6.07) is 2.56. The Hall–Kier alpha value is -1.60. The van der Waals surface area contributed by atoms with Crippen LogP contribution in [0.4, 0.5) is 14.9 Å². The molecule has 0 aromatic heterocycles. The molecule has 7 heteroatoms. The highest BCUT2D eigenvalue weighted by atomic mass is 19.1. The molecule has 0 bridgehead atoms. The number of benzene rings is 1. The number of nitrogens with one attached hydrogen (secondary N) is 2. The van der Waals surface area contributed by atoms with Gasteiger partial charge in [-0.15, -0.1) is 0 Å². The molecule has 1 heterocycles. The summed E-state index contributed by atoms with van der Waals surface area (Å²) in [6.07, 6.45) is 0.829. The third-order valence-corrected chi connectivity index (χ3v) is 5.27. The number of urea groups is 1. The monoisotopic (exact) mass is 378 g/mol. The van der Waals surface area contributed by atoms with Crippen LogP contribution in [0.5, 0.6) is 0 Å². The first-order valence-corrected chi connectivity index (χ1v) is 9.42. The van der Waals surface area contributed by atoms with Gasteiger partial charge in [0.2, 0.25) is 0 Å². The topological polar surface area (TPSA) is 59.6 Å². The van der Waals surface area contributed by atoms with Gasteiger partial charge in [0.25, 0.3) is 0 Å². The van der Waals surface area contributed by atoms with Gasteiger partial charge >= 0.3 is 13.1 Å². The Morgan fingerprint density at radius 2 is 1.70 bits per heavy atom. The molecule has 2 amide bonds. The van der Waals surface area contributed by atoms with Crippen LogP contribution < -0.4 is 16.1 Å². The van der Waals surface area contributed by atoms with E-state index in [0.717, 1.165) is 6.42 Å². The molecule has 0 saturated carbocycles. The molecule has 1 aliphatic heterocycles. The van der Waals surface area contributed by atoms with Crippen molar-refractivity contribution in [3.05, 3.63) is 23.5 Å². The Labute approximate surface area is 162 Å². The average Bonchev–Trinajstić information content (AvgIpc) is 2.68. The zero-order valence-corrected chi connectivity index (χ0v) is 17.7. The number of carbonyl (C=O) groups is 1. The fourth-order valence-corrected chi connectivity index (χ4v) is 2.73. The number of hydrogen-bond donors (Lipinski definition) is 2. The third-order valence-electron chi connectivity index (χ3n) is 5.27. The van der Waals surface area contributed by atoms with Gasteiger partial charge in [-0.3, -0.25) is 0 Å². The van der Waals surface area contributed by atoms with E-state index >= 15 is 0 Å². The maximum Gasteiger partial charge on any atom is 0.495 e. The fraction of sp³-hybridized carbons (Fsp3) is 0.650. The Morgan fingerprint density at radius 3 is 2.22 bits per heavy atom. The summed E-state index contributed by atoms with van der Waals surface area (Å²) in [5.41, 5.74) is 0.669. The molecule has 27 heavy (non-hydrogen) atoms.